The highest BCUT2D eigenvalue weighted by molar-refractivity contribution is 7.93. The number of carbonyl (C=O) groups excluding carboxylic acids is 1. The maximum Gasteiger partial charge on any atom is 0.237 e. The minimum absolute atomic E-state index is 0.0955. The molecule has 0 radical (unpaired) electrons. The fraction of sp³-hybridized carbons (Fsp3) is 0.391. The maximum atomic E-state index is 13.1. The van der Waals surface area contributed by atoms with Crippen LogP contribution in [0.15, 0.2) is 42.0 Å². The van der Waals surface area contributed by atoms with E-state index in [1.54, 1.807) is 17.8 Å². The first-order valence-electron chi connectivity index (χ1n) is 11.0. The van der Waals surface area contributed by atoms with Crippen LogP contribution in [0.3, 0.4) is 0 Å². The largest absolute Gasteiger partial charge is 0.477 e. The lowest BCUT2D eigenvalue weighted by molar-refractivity contribution is -0.120. The Morgan fingerprint density at radius 2 is 2.00 bits per heavy atom. The van der Waals surface area contributed by atoms with E-state index in [4.69, 9.17) is 4.74 Å². The molecule has 0 bridgehead atoms. The zero-order valence-electron chi connectivity index (χ0n) is 18.7. The molecule has 34 heavy (non-hydrogen) atoms. The summed E-state index contributed by atoms with van der Waals surface area (Å²) in [6, 6.07) is 7.46. The van der Waals surface area contributed by atoms with Gasteiger partial charge < -0.3 is 9.84 Å². The highest BCUT2D eigenvalue weighted by Crippen LogP contribution is 2.32. The van der Waals surface area contributed by atoms with Crippen LogP contribution in [0.25, 0.3) is 11.3 Å². The van der Waals surface area contributed by atoms with Gasteiger partial charge in [-0.05, 0) is 31.7 Å². The van der Waals surface area contributed by atoms with Crippen LogP contribution in [0.5, 0.6) is 5.88 Å². The van der Waals surface area contributed by atoms with Crippen molar-refractivity contribution in [3.05, 3.63) is 53.3 Å². The number of ketones is 1. The molecule has 180 valence electrons. The molecule has 0 spiro atoms. The van der Waals surface area contributed by atoms with Gasteiger partial charge in [0.05, 0.1) is 41.6 Å². The Morgan fingerprint density at radius 1 is 1.24 bits per heavy atom. The molecule has 11 heteroatoms. The van der Waals surface area contributed by atoms with Gasteiger partial charge in [-0.25, -0.2) is 18.4 Å². The molecular formula is C23H26N4O5S2. The molecule has 3 aromatic rings. The molecule has 1 aliphatic rings. The summed E-state index contributed by atoms with van der Waals surface area (Å²) >= 11 is 1.15. The van der Waals surface area contributed by atoms with Crippen LogP contribution in [0.4, 0.5) is 5.13 Å². The molecule has 1 atom stereocenters. The summed E-state index contributed by atoms with van der Waals surface area (Å²) < 4.78 is 32.2. The monoisotopic (exact) mass is 502 g/mol. The standard InChI is InChI=1S/C23H26N4O5S2/c1-2-32-22-13-24-12-19(25-22)16-5-3-15(4-6-16)11-21(29)18(9-10-28)20-14-33-23(26-20)27-34(30,31)17-7-8-17/h3-6,12-14,17-18,28H,2,7-11H2,1H3,(H,26,27). The number of carbonyl (C=O) groups is 1. The normalized spacial score (nSPS) is 14.5. The van der Waals surface area contributed by atoms with Crippen molar-refractivity contribution in [3.63, 3.8) is 0 Å². The average Bonchev–Trinajstić information content (AvgIpc) is 3.60. The van der Waals surface area contributed by atoms with Crippen molar-refractivity contribution >= 4 is 32.3 Å². The van der Waals surface area contributed by atoms with Crippen molar-refractivity contribution in [1.29, 1.82) is 0 Å². The van der Waals surface area contributed by atoms with E-state index in [9.17, 15) is 18.3 Å². The third-order valence-corrected chi connectivity index (χ3v) is 8.14. The summed E-state index contributed by atoms with van der Waals surface area (Å²) in [5, 5.41) is 11.1. The number of sulfonamides is 1. The fourth-order valence-electron chi connectivity index (χ4n) is 3.50. The summed E-state index contributed by atoms with van der Waals surface area (Å²) in [5.41, 5.74) is 2.81. The quantitative estimate of drug-likeness (QED) is 0.386. The number of nitrogens with one attached hydrogen (secondary N) is 1. The number of aromatic nitrogens is 3. The Kier molecular flexibility index (Phi) is 7.54. The molecule has 1 saturated carbocycles. The van der Waals surface area contributed by atoms with Gasteiger partial charge in [0, 0.05) is 24.0 Å². The minimum Gasteiger partial charge on any atom is -0.477 e. The number of hydrogen-bond donors (Lipinski definition) is 2. The Hall–Kier alpha value is -2.89. The zero-order valence-corrected chi connectivity index (χ0v) is 20.3. The van der Waals surface area contributed by atoms with Crippen LogP contribution in [-0.4, -0.2) is 52.7 Å². The molecule has 1 fully saturated rings. The number of anilines is 1. The molecule has 0 aliphatic heterocycles. The lowest BCUT2D eigenvalue weighted by Gasteiger charge is -2.13. The fourth-order valence-corrected chi connectivity index (χ4v) is 5.86. The molecule has 9 nitrogen and oxygen atoms in total. The predicted molar refractivity (Wildman–Crippen MR) is 129 cm³/mol. The van der Waals surface area contributed by atoms with Crippen LogP contribution in [0.1, 0.15) is 43.4 Å². The van der Waals surface area contributed by atoms with Gasteiger partial charge >= 0.3 is 0 Å². The van der Waals surface area contributed by atoms with E-state index in [1.165, 1.54) is 0 Å². The first kappa shape index (κ1) is 24.2. The van der Waals surface area contributed by atoms with Crippen molar-refractivity contribution in [2.75, 3.05) is 17.9 Å². The third-order valence-electron chi connectivity index (χ3n) is 5.41. The molecule has 2 aromatic heterocycles. The maximum absolute atomic E-state index is 13.1. The highest BCUT2D eigenvalue weighted by atomic mass is 32.2. The van der Waals surface area contributed by atoms with Gasteiger partial charge in [-0.15, -0.1) is 11.3 Å². The molecule has 2 heterocycles. The van der Waals surface area contributed by atoms with E-state index >= 15 is 0 Å². The Bertz CT molecular complexity index is 1240. The topological polar surface area (TPSA) is 131 Å². The lowest BCUT2D eigenvalue weighted by Crippen LogP contribution is -2.19. The SMILES string of the molecule is CCOc1cncc(-c2ccc(CC(=O)C(CCO)c3csc(NS(=O)(=O)C4CC4)n3)cc2)n1. The number of aliphatic hydroxyl groups is 1. The van der Waals surface area contributed by atoms with Crippen LogP contribution in [0.2, 0.25) is 0 Å². The van der Waals surface area contributed by atoms with Gasteiger partial charge in [-0.2, -0.15) is 0 Å². The molecule has 1 unspecified atom stereocenters. The molecule has 1 aromatic carbocycles. The van der Waals surface area contributed by atoms with Gasteiger partial charge in [0.15, 0.2) is 5.13 Å². The summed E-state index contributed by atoms with van der Waals surface area (Å²) in [6.07, 6.45) is 4.90. The summed E-state index contributed by atoms with van der Waals surface area (Å²) in [7, 11) is -3.42. The van der Waals surface area contributed by atoms with E-state index in [-0.39, 0.29) is 35.6 Å². The summed E-state index contributed by atoms with van der Waals surface area (Å²) in [5.74, 6) is -0.260. The number of ether oxygens (including phenoxy) is 1. The number of hydrogen-bond acceptors (Lipinski definition) is 9. The van der Waals surface area contributed by atoms with E-state index in [1.807, 2.05) is 31.2 Å². The molecule has 1 aliphatic carbocycles. The Balaban J connectivity index is 1.44. The van der Waals surface area contributed by atoms with Gasteiger partial charge in [-0.3, -0.25) is 14.5 Å². The predicted octanol–water partition coefficient (Wildman–Crippen LogP) is 3.18. The highest BCUT2D eigenvalue weighted by Gasteiger charge is 2.36. The summed E-state index contributed by atoms with van der Waals surface area (Å²) in [6.45, 7) is 2.20. The molecule has 0 amide bonds. The van der Waals surface area contributed by atoms with Gasteiger partial charge in [0.2, 0.25) is 15.9 Å². The molecule has 2 N–H and O–H groups in total. The number of nitrogens with zero attached hydrogens (tertiary/aromatic N) is 3. The first-order chi connectivity index (χ1) is 16.4. The van der Waals surface area contributed by atoms with Crippen molar-refractivity contribution in [1.82, 2.24) is 15.0 Å². The van der Waals surface area contributed by atoms with Gasteiger partial charge in [0.1, 0.15) is 5.78 Å². The van der Waals surface area contributed by atoms with Crippen molar-refractivity contribution < 1.29 is 23.1 Å². The summed E-state index contributed by atoms with van der Waals surface area (Å²) in [4.78, 5) is 26.0. The number of aliphatic hydroxyl groups excluding tert-OH is 1. The van der Waals surface area contributed by atoms with Crippen molar-refractivity contribution in [2.24, 2.45) is 0 Å². The number of thiazole rings is 1. The third kappa shape index (κ3) is 5.96. The molecule has 0 saturated heterocycles. The van der Waals surface area contributed by atoms with Gasteiger partial charge in [-0.1, -0.05) is 24.3 Å². The number of benzene rings is 1. The van der Waals surface area contributed by atoms with Crippen LogP contribution < -0.4 is 9.46 Å². The number of rotatable bonds is 12. The second-order valence-corrected chi connectivity index (χ2v) is 10.8. The van der Waals surface area contributed by atoms with Gasteiger partial charge in [0.25, 0.3) is 0 Å². The van der Waals surface area contributed by atoms with Crippen LogP contribution >= 0.6 is 11.3 Å². The van der Waals surface area contributed by atoms with Crippen LogP contribution in [-0.2, 0) is 21.2 Å². The first-order valence-corrected chi connectivity index (χ1v) is 13.5. The van der Waals surface area contributed by atoms with E-state index in [0.29, 0.717) is 36.7 Å². The molecular weight excluding hydrogens is 476 g/mol. The lowest BCUT2D eigenvalue weighted by atomic mass is 9.92. The smallest absolute Gasteiger partial charge is 0.237 e. The van der Waals surface area contributed by atoms with Crippen molar-refractivity contribution in [2.45, 2.75) is 43.8 Å². The van der Waals surface area contributed by atoms with E-state index in [0.717, 1.165) is 22.5 Å². The second-order valence-electron chi connectivity index (χ2n) is 8.00. The molecule has 4 rings (SSSR count). The second kappa shape index (κ2) is 10.6. The number of Topliss-reactive ketones (excluding diaryl/α,β-unsaturated/α-hetero) is 1. The Morgan fingerprint density at radius 3 is 2.68 bits per heavy atom. The van der Waals surface area contributed by atoms with Crippen molar-refractivity contribution in [3.8, 4) is 17.1 Å². The average molecular weight is 503 g/mol. The zero-order chi connectivity index (χ0) is 24.1. The Labute approximate surface area is 202 Å². The van der Waals surface area contributed by atoms with Crippen LogP contribution in [0, 0.1) is 0 Å². The van der Waals surface area contributed by atoms with E-state index in [2.05, 4.69) is 19.7 Å². The van der Waals surface area contributed by atoms with E-state index < -0.39 is 15.9 Å². The minimum atomic E-state index is -3.42.